The van der Waals surface area contributed by atoms with Crippen molar-refractivity contribution in [1.82, 2.24) is 10.2 Å². The molecule has 1 atom stereocenters. The molecule has 0 spiro atoms. The maximum absolute atomic E-state index is 12.1. The zero-order valence-corrected chi connectivity index (χ0v) is 13.7. The van der Waals surface area contributed by atoms with Gasteiger partial charge in [-0.25, -0.2) is 0 Å². The van der Waals surface area contributed by atoms with Crippen molar-refractivity contribution in [2.24, 2.45) is 5.92 Å². The highest BCUT2D eigenvalue weighted by atomic mass is 16.2. The topological polar surface area (TPSA) is 35.6 Å². The largest absolute Gasteiger partial charge is 0.369 e. The molecular weight excluding hydrogens is 274 g/mol. The molecule has 1 aliphatic carbocycles. The summed E-state index contributed by atoms with van der Waals surface area (Å²) < 4.78 is 0. The molecule has 1 N–H and O–H groups in total. The van der Waals surface area contributed by atoms with Crippen LogP contribution in [0.5, 0.6) is 0 Å². The van der Waals surface area contributed by atoms with Crippen LogP contribution in [0.2, 0.25) is 0 Å². The minimum absolute atomic E-state index is 0.184. The van der Waals surface area contributed by atoms with Crippen LogP contribution in [0.3, 0.4) is 0 Å². The van der Waals surface area contributed by atoms with Gasteiger partial charge in [0.05, 0.1) is 6.54 Å². The lowest BCUT2D eigenvalue weighted by Gasteiger charge is -2.36. The molecule has 0 aromatic heterocycles. The summed E-state index contributed by atoms with van der Waals surface area (Å²) in [5.74, 6) is 0.908. The number of para-hydroxylation sites is 1. The Hall–Kier alpha value is -1.55. The average Bonchev–Trinajstić information content (AvgIpc) is 3.33. The molecular formula is C18H27N3O. The zero-order chi connectivity index (χ0) is 15.5. The van der Waals surface area contributed by atoms with Crippen molar-refractivity contribution in [3.05, 3.63) is 29.8 Å². The Bertz CT molecular complexity index is 519. The predicted octanol–water partition coefficient (Wildman–Crippen LogP) is 2.03. The number of hydrogen-bond acceptors (Lipinski definition) is 3. The fourth-order valence-electron chi connectivity index (χ4n) is 3.28. The van der Waals surface area contributed by atoms with Crippen LogP contribution in [0.25, 0.3) is 0 Å². The second kappa shape index (κ2) is 6.69. The molecule has 1 aliphatic heterocycles. The van der Waals surface area contributed by atoms with Crippen LogP contribution in [0.4, 0.5) is 5.69 Å². The van der Waals surface area contributed by atoms with Crippen molar-refractivity contribution in [2.75, 3.05) is 37.6 Å². The van der Waals surface area contributed by atoms with Crippen molar-refractivity contribution in [2.45, 2.75) is 32.7 Å². The van der Waals surface area contributed by atoms with Crippen LogP contribution in [0, 0.1) is 12.8 Å². The summed E-state index contributed by atoms with van der Waals surface area (Å²) in [6, 6.07) is 8.88. The number of rotatable bonds is 5. The van der Waals surface area contributed by atoms with Crippen LogP contribution < -0.4 is 10.2 Å². The fourth-order valence-corrected chi connectivity index (χ4v) is 3.28. The van der Waals surface area contributed by atoms with E-state index in [9.17, 15) is 4.79 Å². The number of piperazine rings is 1. The van der Waals surface area contributed by atoms with Crippen molar-refractivity contribution < 1.29 is 4.79 Å². The third-order valence-corrected chi connectivity index (χ3v) is 4.91. The summed E-state index contributed by atoms with van der Waals surface area (Å²) in [5, 5.41) is 3.15. The van der Waals surface area contributed by atoms with Gasteiger partial charge in [-0.2, -0.15) is 0 Å². The van der Waals surface area contributed by atoms with Crippen LogP contribution in [-0.2, 0) is 4.79 Å². The molecule has 4 heteroatoms. The quantitative estimate of drug-likeness (QED) is 0.904. The summed E-state index contributed by atoms with van der Waals surface area (Å²) in [5.41, 5.74) is 2.65. The van der Waals surface area contributed by atoms with Crippen molar-refractivity contribution >= 4 is 11.6 Å². The molecule has 0 bridgehead atoms. The summed E-state index contributed by atoms with van der Waals surface area (Å²) in [6.07, 6.45) is 2.55. The molecule has 1 heterocycles. The molecule has 1 saturated carbocycles. The van der Waals surface area contributed by atoms with Gasteiger partial charge in [0, 0.05) is 37.9 Å². The second-order valence-electron chi connectivity index (χ2n) is 6.74. The van der Waals surface area contributed by atoms with E-state index in [1.54, 1.807) is 0 Å². The van der Waals surface area contributed by atoms with Gasteiger partial charge in [0.25, 0.3) is 0 Å². The third kappa shape index (κ3) is 3.80. The number of nitrogens with one attached hydrogen (secondary N) is 1. The van der Waals surface area contributed by atoms with Gasteiger partial charge in [-0.1, -0.05) is 18.2 Å². The molecule has 0 radical (unpaired) electrons. The molecule has 1 amide bonds. The Morgan fingerprint density at radius 3 is 2.55 bits per heavy atom. The molecule has 4 nitrogen and oxygen atoms in total. The van der Waals surface area contributed by atoms with E-state index < -0.39 is 0 Å². The van der Waals surface area contributed by atoms with Crippen molar-refractivity contribution in [1.29, 1.82) is 0 Å². The molecule has 2 fully saturated rings. The molecule has 2 aliphatic rings. The third-order valence-electron chi connectivity index (χ3n) is 4.91. The number of carbonyl (C=O) groups is 1. The Balaban J connectivity index is 1.45. The summed E-state index contributed by atoms with van der Waals surface area (Å²) >= 11 is 0. The maximum atomic E-state index is 12.1. The highest BCUT2D eigenvalue weighted by Crippen LogP contribution is 2.32. The summed E-state index contributed by atoms with van der Waals surface area (Å²) in [4.78, 5) is 16.8. The molecule has 1 aromatic rings. The van der Waals surface area contributed by atoms with Crippen molar-refractivity contribution in [3.8, 4) is 0 Å². The highest BCUT2D eigenvalue weighted by molar-refractivity contribution is 5.78. The summed E-state index contributed by atoms with van der Waals surface area (Å²) in [6.45, 7) is 8.74. The number of hydrogen-bond donors (Lipinski definition) is 1. The number of carbonyl (C=O) groups excluding carboxylic acids is 1. The maximum Gasteiger partial charge on any atom is 0.234 e. The SMILES string of the molecule is Cc1ccccc1N1CCN(CC(=O)N[C@H](C)C2CC2)CC1. The van der Waals surface area contributed by atoms with Gasteiger partial charge in [0.15, 0.2) is 0 Å². The van der Waals surface area contributed by atoms with Crippen LogP contribution in [0.15, 0.2) is 24.3 Å². The van der Waals surface area contributed by atoms with E-state index in [0.29, 0.717) is 12.6 Å². The lowest BCUT2D eigenvalue weighted by molar-refractivity contribution is -0.123. The number of anilines is 1. The fraction of sp³-hybridized carbons (Fsp3) is 0.611. The van der Waals surface area contributed by atoms with E-state index in [0.717, 1.165) is 32.1 Å². The van der Waals surface area contributed by atoms with E-state index in [-0.39, 0.29) is 5.91 Å². The normalized spacial score (nSPS) is 20.7. The predicted molar refractivity (Wildman–Crippen MR) is 90.2 cm³/mol. The number of benzene rings is 1. The monoisotopic (exact) mass is 301 g/mol. The number of nitrogens with zero attached hydrogens (tertiary/aromatic N) is 2. The molecule has 3 rings (SSSR count). The lowest BCUT2D eigenvalue weighted by atomic mass is 10.1. The Morgan fingerprint density at radius 2 is 1.91 bits per heavy atom. The van der Waals surface area contributed by atoms with Gasteiger partial charge < -0.3 is 10.2 Å². The molecule has 120 valence electrons. The minimum Gasteiger partial charge on any atom is -0.369 e. The smallest absolute Gasteiger partial charge is 0.234 e. The van der Waals surface area contributed by atoms with Crippen LogP contribution in [0.1, 0.15) is 25.3 Å². The molecule has 22 heavy (non-hydrogen) atoms. The Kier molecular flexibility index (Phi) is 4.67. The molecule has 1 saturated heterocycles. The van der Waals surface area contributed by atoms with Gasteiger partial charge in [-0.15, -0.1) is 0 Å². The Labute approximate surface area is 133 Å². The van der Waals surface area contributed by atoms with Crippen molar-refractivity contribution in [3.63, 3.8) is 0 Å². The standard InChI is InChI=1S/C18H27N3O/c1-14-5-3-4-6-17(14)21-11-9-20(10-12-21)13-18(22)19-15(2)16-7-8-16/h3-6,15-16H,7-13H2,1-2H3,(H,19,22)/t15-/m1/s1. The lowest BCUT2D eigenvalue weighted by Crippen LogP contribution is -2.50. The van der Waals surface area contributed by atoms with Gasteiger partial charge in [-0.3, -0.25) is 9.69 Å². The second-order valence-corrected chi connectivity index (χ2v) is 6.74. The molecule has 1 aromatic carbocycles. The summed E-state index contributed by atoms with van der Waals surface area (Å²) in [7, 11) is 0. The van der Waals surface area contributed by atoms with Crippen LogP contribution >= 0.6 is 0 Å². The highest BCUT2D eigenvalue weighted by Gasteiger charge is 2.29. The van der Waals surface area contributed by atoms with E-state index in [2.05, 4.69) is 53.2 Å². The first kappa shape index (κ1) is 15.3. The zero-order valence-electron chi connectivity index (χ0n) is 13.7. The van der Waals surface area contributed by atoms with E-state index in [1.807, 2.05) is 0 Å². The van der Waals surface area contributed by atoms with E-state index in [4.69, 9.17) is 0 Å². The number of amides is 1. The first-order valence-corrected chi connectivity index (χ1v) is 8.46. The number of aryl methyl sites for hydroxylation is 1. The minimum atomic E-state index is 0.184. The van der Waals surface area contributed by atoms with E-state index >= 15 is 0 Å². The van der Waals surface area contributed by atoms with Gasteiger partial charge >= 0.3 is 0 Å². The van der Waals surface area contributed by atoms with Gasteiger partial charge in [-0.05, 0) is 44.2 Å². The average molecular weight is 301 g/mol. The van der Waals surface area contributed by atoms with Crippen LogP contribution in [-0.4, -0.2) is 49.6 Å². The molecule has 0 unspecified atom stereocenters. The Morgan fingerprint density at radius 1 is 1.23 bits per heavy atom. The first-order valence-electron chi connectivity index (χ1n) is 8.46. The van der Waals surface area contributed by atoms with Gasteiger partial charge in [0.2, 0.25) is 5.91 Å². The first-order chi connectivity index (χ1) is 10.6. The van der Waals surface area contributed by atoms with E-state index in [1.165, 1.54) is 24.1 Å². The van der Waals surface area contributed by atoms with Gasteiger partial charge in [0.1, 0.15) is 0 Å².